The molecule has 21 heavy (non-hydrogen) atoms. The van der Waals surface area contributed by atoms with Crippen LogP contribution in [0.2, 0.25) is 0 Å². The van der Waals surface area contributed by atoms with Crippen LogP contribution in [0.5, 0.6) is 5.75 Å². The van der Waals surface area contributed by atoms with Crippen LogP contribution >= 0.6 is 0 Å². The van der Waals surface area contributed by atoms with Gasteiger partial charge < -0.3 is 19.2 Å². The summed E-state index contributed by atoms with van der Waals surface area (Å²) in [6.07, 6.45) is 0. The van der Waals surface area contributed by atoms with E-state index in [1.807, 2.05) is 24.3 Å². The summed E-state index contributed by atoms with van der Waals surface area (Å²) >= 11 is 0. The monoisotopic (exact) mass is 289 g/mol. The number of hydrogen-bond donors (Lipinski definition) is 1. The van der Waals surface area contributed by atoms with E-state index in [0.717, 1.165) is 11.3 Å². The van der Waals surface area contributed by atoms with Gasteiger partial charge in [0.05, 0.1) is 20.8 Å². The highest BCUT2D eigenvalue weighted by molar-refractivity contribution is 5.90. The zero-order valence-corrected chi connectivity index (χ0v) is 12.4. The molecule has 112 valence electrons. The van der Waals surface area contributed by atoms with Crippen molar-refractivity contribution in [2.24, 2.45) is 0 Å². The van der Waals surface area contributed by atoms with E-state index in [1.165, 1.54) is 7.11 Å². The van der Waals surface area contributed by atoms with Gasteiger partial charge in [0.15, 0.2) is 0 Å². The molecular weight excluding hydrogens is 270 g/mol. The molecule has 0 unspecified atom stereocenters. The fraction of sp³-hybridized carbons (Fsp3) is 0.312. The lowest BCUT2D eigenvalue weighted by Gasteiger charge is -2.05. The Kier molecular flexibility index (Phi) is 5.00. The quantitative estimate of drug-likeness (QED) is 0.828. The molecule has 5 heteroatoms. The largest absolute Gasteiger partial charge is 0.497 e. The lowest BCUT2D eigenvalue weighted by molar-refractivity contribution is 0.0599. The number of rotatable bonds is 6. The average molecular weight is 289 g/mol. The molecule has 0 amide bonds. The number of methoxy groups -OCH3 is 2. The Balaban J connectivity index is 1.93. The van der Waals surface area contributed by atoms with Crippen LogP contribution in [0.1, 0.15) is 27.4 Å². The normalized spacial score (nSPS) is 10.4. The number of ether oxygens (including phenoxy) is 2. The molecule has 1 heterocycles. The molecular formula is C16H19NO4. The van der Waals surface area contributed by atoms with Crippen LogP contribution in [0, 0.1) is 6.92 Å². The highest BCUT2D eigenvalue weighted by Crippen LogP contribution is 2.16. The number of benzene rings is 1. The number of carbonyl (C=O) groups is 1. The minimum absolute atomic E-state index is 0.379. The van der Waals surface area contributed by atoms with Crippen LogP contribution in [0.15, 0.2) is 34.7 Å². The number of carbonyl (C=O) groups excluding carboxylic acids is 1. The van der Waals surface area contributed by atoms with E-state index >= 15 is 0 Å². The first-order chi connectivity index (χ1) is 10.1. The highest BCUT2D eigenvalue weighted by Gasteiger charge is 2.14. The number of nitrogens with one attached hydrogen (secondary N) is 1. The van der Waals surface area contributed by atoms with Gasteiger partial charge in [-0.1, -0.05) is 12.1 Å². The third-order valence-corrected chi connectivity index (χ3v) is 3.14. The number of aryl methyl sites for hydroxylation is 1. The number of furan rings is 1. The molecule has 0 aliphatic rings. The molecule has 0 atom stereocenters. The van der Waals surface area contributed by atoms with Crippen LogP contribution in [0.4, 0.5) is 0 Å². The van der Waals surface area contributed by atoms with Crippen molar-refractivity contribution in [3.8, 4) is 5.75 Å². The molecule has 0 spiro atoms. The Bertz CT molecular complexity index is 618. The zero-order chi connectivity index (χ0) is 15.2. The third kappa shape index (κ3) is 3.86. The van der Waals surface area contributed by atoms with E-state index in [9.17, 15) is 4.79 Å². The molecule has 2 rings (SSSR count). The first-order valence-corrected chi connectivity index (χ1v) is 6.65. The molecule has 1 aromatic heterocycles. The van der Waals surface area contributed by atoms with E-state index < -0.39 is 0 Å². The van der Waals surface area contributed by atoms with E-state index in [0.29, 0.717) is 30.2 Å². The number of esters is 1. The topological polar surface area (TPSA) is 60.7 Å². The Hall–Kier alpha value is -2.27. The lowest BCUT2D eigenvalue weighted by atomic mass is 10.2. The van der Waals surface area contributed by atoms with E-state index in [-0.39, 0.29) is 5.97 Å². The smallest absolute Gasteiger partial charge is 0.341 e. The fourth-order valence-electron chi connectivity index (χ4n) is 2.06. The Morgan fingerprint density at radius 3 is 2.76 bits per heavy atom. The molecule has 0 aliphatic heterocycles. The maximum Gasteiger partial charge on any atom is 0.341 e. The SMILES string of the molecule is COC(=O)c1cc(CNCc2cccc(OC)c2)oc1C. The molecule has 0 fully saturated rings. The van der Waals surface area contributed by atoms with E-state index in [1.54, 1.807) is 20.1 Å². The first kappa shape index (κ1) is 15.1. The van der Waals surface area contributed by atoms with E-state index in [2.05, 4.69) is 5.32 Å². The summed E-state index contributed by atoms with van der Waals surface area (Å²) in [7, 11) is 3.00. The van der Waals surface area contributed by atoms with Crippen LogP contribution < -0.4 is 10.1 Å². The average Bonchev–Trinajstić information content (AvgIpc) is 2.87. The third-order valence-electron chi connectivity index (χ3n) is 3.14. The summed E-state index contributed by atoms with van der Waals surface area (Å²) in [5.74, 6) is 1.72. The molecule has 0 aliphatic carbocycles. The van der Waals surface area contributed by atoms with Gasteiger partial charge in [0.2, 0.25) is 0 Å². The van der Waals surface area contributed by atoms with Crippen molar-refractivity contribution in [1.82, 2.24) is 5.32 Å². The van der Waals surface area contributed by atoms with Crippen molar-refractivity contribution in [2.75, 3.05) is 14.2 Å². The second-order valence-electron chi connectivity index (χ2n) is 4.63. The van der Waals surface area contributed by atoms with Crippen molar-refractivity contribution in [3.05, 3.63) is 53.0 Å². The molecule has 2 aromatic rings. The second-order valence-corrected chi connectivity index (χ2v) is 4.63. The van der Waals surface area contributed by atoms with Gasteiger partial charge >= 0.3 is 5.97 Å². The molecule has 0 bridgehead atoms. The Morgan fingerprint density at radius 1 is 1.24 bits per heavy atom. The summed E-state index contributed by atoms with van der Waals surface area (Å²) in [5.41, 5.74) is 1.58. The summed E-state index contributed by atoms with van der Waals surface area (Å²) in [5, 5.41) is 3.27. The second kappa shape index (κ2) is 6.95. The van der Waals surface area contributed by atoms with Gasteiger partial charge in [-0.3, -0.25) is 0 Å². The zero-order valence-electron chi connectivity index (χ0n) is 12.4. The van der Waals surface area contributed by atoms with Crippen molar-refractivity contribution in [2.45, 2.75) is 20.0 Å². The van der Waals surface area contributed by atoms with Crippen LogP contribution in [0.3, 0.4) is 0 Å². The van der Waals surface area contributed by atoms with Gasteiger partial charge in [-0.05, 0) is 30.7 Å². The van der Waals surface area contributed by atoms with Crippen molar-refractivity contribution in [3.63, 3.8) is 0 Å². The fourth-order valence-corrected chi connectivity index (χ4v) is 2.06. The van der Waals surface area contributed by atoms with Crippen molar-refractivity contribution >= 4 is 5.97 Å². The molecule has 0 saturated heterocycles. The maximum absolute atomic E-state index is 11.5. The minimum Gasteiger partial charge on any atom is -0.497 e. The predicted molar refractivity (Wildman–Crippen MR) is 78.3 cm³/mol. The van der Waals surface area contributed by atoms with Crippen molar-refractivity contribution in [1.29, 1.82) is 0 Å². The predicted octanol–water partition coefficient (Wildman–Crippen LogP) is 2.67. The summed E-state index contributed by atoms with van der Waals surface area (Å²) < 4.78 is 15.4. The number of hydrogen-bond acceptors (Lipinski definition) is 5. The van der Waals surface area contributed by atoms with Crippen molar-refractivity contribution < 1.29 is 18.7 Å². The summed E-state index contributed by atoms with van der Waals surface area (Å²) in [6.45, 7) is 2.97. The standard InChI is InChI=1S/C16H19NO4/c1-11-15(16(18)20-3)8-14(21-11)10-17-9-12-5-4-6-13(7-12)19-2/h4-8,17H,9-10H2,1-3H3. The van der Waals surface area contributed by atoms with Crippen LogP contribution in [-0.2, 0) is 17.8 Å². The summed E-state index contributed by atoms with van der Waals surface area (Å²) in [6, 6.07) is 9.55. The molecule has 0 saturated carbocycles. The lowest BCUT2D eigenvalue weighted by Crippen LogP contribution is -2.12. The Morgan fingerprint density at radius 2 is 2.05 bits per heavy atom. The van der Waals surface area contributed by atoms with Gasteiger partial charge in [-0.25, -0.2) is 4.79 Å². The highest BCUT2D eigenvalue weighted by atomic mass is 16.5. The Labute approximate surface area is 123 Å². The molecule has 5 nitrogen and oxygen atoms in total. The molecule has 1 aromatic carbocycles. The maximum atomic E-state index is 11.5. The van der Waals surface area contributed by atoms with Crippen LogP contribution in [-0.4, -0.2) is 20.2 Å². The minimum atomic E-state index is -0.379. The molecule has 1 N–H and O–H groups in total. The van der Waals surface area contributed by atoms with Gasteiger partial charge in [0, 0.05) is 6.54 Å². The van der Waals surface area contributed by atoms with Gasteiger partial charge in [0.25, 0.3) is 0 Å². The van der Waals surface area contributed by atoms with Crippen LogP contribution in [0.25, 0.3) is 0 Å². The van der Waals surface area contributed by atoms with Gasteiger partial charge in [-0.15, -0.1) is 0 Å². The van der Waals surface area contributed by atoms with Gasteiger partial charge in [0.1, 0.15) is 22.8 Å². The first-order valence-electron chi connectivity index (χ1n) is 6.65. The van der Waals surface area contributed by atoms with E-state index in [4.69, 9.17) is 13.9 Å². The summed E-state index contributed by atoms with van der Waals surface area (Å²) in [4.78, 5) is 11.5. The molecule has 0 radical (unpaired) electrons. The van der Waals surface area contributed by atoms with Gasteiger partial charge in [-0.2, -0.15) is 0 Å².